The SMILES string of the molecule is CC(O)CN(c1cc2oc(-c3ccc(F)cc3)c(C(=O)O)c2cc1OC(C)C)S(C)(=O)=O. The summed E-state index contributed by atoms with van der Waals surface area (Å²) in [5.74, 6) is -1.64. The minimum atomic E-state index is -3.82. The molecule has 32 heavy (non-hydrogen) atoms. The van der Waals surface area contributed by atoms with Crippen LogP contribution in [-0.2, 0) is 10.0 Å². The zero-order chi connectivity index (χ0) is 23.8. The molecule has 0 fully saturated rings. The van der Waals surface area contributed by atoms with E-state index in [2.05, 4.69) is 0 Å². The highest BCUT2D eigenvalue weighted by molar-refractivity contribution is 7.92. The molecule has 8 nitrogen and oxygen atoms in total. The zero-order valence-electron chi connectivity index (χ0n) is 18.0. The summed E-state index contributed by atoms with van der Waals surface area (Å²) in [5.41, 5.74) is 0.392. The van der Waals surface area contributed by atoms with Gasteiger partial charge in [0, 0.05) is 17.0 Å². The van der Waals surface area contributed by atoms with Crippen molar-refractivity contribution in [3.05, 3.63) is 47.8 Å². The van der Waals surface area contributed by atoms with E-state index in [1.807, 2.05) is 0 Å². The molecule has 1 unspecified atom stereocenters. The van der Waals surface area contributed by atoms with Crippen molar-refractivity contribution in [3.63, 3.8) is 0 Å². The van der Waals surface area contributed by atoms with Gasteiger partial charge < -0.3 is 19.4 Å². The van der Waals surface area contributed by atoms with E-state index in [1.54, 1.807) is 13.8 Å². The number of fused-ring (bicyclic) bond motifs is 1. The molecule has 2 aromatic carbocycles. The number of anilines is 1. The fourth-order valence-corrected chi connectivity index (χ4v) is 4.31. The number of halogens is 1. The molecule has 1 heterocycles. The molecule has 0 saturated carbocycles. The quantitative estimate of drug-likeness (QED) is 0.519. The van der Waals surface area contributed by atoms with Gasteiger partial charge in [0.1, 0.15) is 28.5 Å². The molecule has 0 aliphatic rings. The third-order valence-corrected chi connectivity index (χ3v) is 5.70. The number of ether oxygens (including phenoxy) is 1. The maximum absolute atomic E-state index is 13.4. The zero-order valence-corrected chi connectivity index (χ0v) is 18.8. The Morgan fingerprint density at radius 2 is 1.81 bits per heavy atom. The monoisotopic (exact) mass is 465 g/mol. The van der Waals surface area contributed by atoms with Gasteiger partial charge >= 0.3 is 5.97 Å². The minimum absolute atomic E-state index is 0.00146. The summed E-state index contributed by atoms with van der Waals surface area (Å²) in [6.45, 7) is 4.69. The second-order valence-corrected chi connectivity index (χ2v) is 9.65. The van der Waals surface area contributed by atoms with Gasteiger partial charge in [0.2, 0.25) is 10.0 Å². The van der Waals surface area contributed by atoms with Crippen molar-refractivity contribution in [1.82, 2.24) is 0 Å². The number of furan rings is 1. The van der Waals surface area contributed by atoms with Crippen LogP contribution in [0.3, 0.4) is 0 Å². The fourth-order valence-electron chi connectivity index (χ4n) is 3.32. The number of carboxylic acid groups (broad SMARTS) is 1. The van der Waals surface area contributed by atoms with E-state index < -0.39 is 27.9 Å². The molecule has 1 aromatic heterocycles. The number of aliphatic hydroxyl groups is 1. The minimum Gasteiger partial charge on any atom is -0.489 e. The van der Waals surface area contributed by atoms with Crippen molar-refractivity contribution in [1.29, 1.82) is 0 Å². The molecule has 0 radical (unpaired) electrons. The Bertz CT molecular complexity index is 1250. The predicted molar refractivity (Wildman–Crippen MR) is 118 cm³/mol. The highest BCUT2D eigenvalue weighted by atomic mass is 32.2. The lowest BCUT2D eigenvalue weighted by Gasteiger charge is -2.26. The second-order valence-electron chi connectivity index (χ2n) is 7.74. The predicted octanol–water partition coefficient (Wildman–Crippen LogP) is 3.87. The summed E-state index contributed by atoms with van der Waals surface area (Å²) in [4.78, 5) is 12.1. The molecule has 10 heteroatoms. The molecule has 0 bridgehead atoms. The largest absolute Gasteiger partial charge is 0.489 e. The number of rotatable bonds is 8. The van der Waals surface area contributed by atoms with Crippen LogP contribution < -0.4 is 9.04 Å². The van der Waals surface area contributed by atoms with Gasteiger partial charge in [-0.25, -0.2) is 17.6 Å². The maximum atomic E-state index is 13.4. The number of benzene rings is 2. The molecular formula is C22H24FNO7S. The van der Waals surface area contributed by atoms with E-state index in [1.165, 1.54) is 43.3 Å². The van der Waals surface area contributed by atoms with Gasteiger partial charge in [0.15, 0.2) is 0 Å². The normalized spacial score (nSPS) is 12.8. The number of nitrogens with zero attached hydrogens (tertiary/aromatic N) is 1. The molecule has 3 aromatic rings. The van der Waals surface area contributed by atoms with E-state index in [9.17, 15) is 27.8 Å². The number of aromatic carboxylic acids is 1. The van der Waals surface area contributed by atoms with Crippen molar-refractivity contribution in [2.24, 2.45) is 0 Å². The van der Waals surface area contributed by atoms with Crippen LogP contribution >= 0.6 is 0 Å². The maximum Gasteiger partial charge on any atom is 0.340 e. The van der Waals surface area contributed by atoms with E-state index in [4.69, 9.17) is 9.15 Å². The molecule has 2 N–H and O–H groups in total. The Balaban J connectivity index is 2.34. The Hall–Kier alpha value is -3.11. The average Bonchev–Trinajstić information content (AvgIpc) is 3.03. The van der Waals surface area contributed by atoms with Crippen molar-refractivity contribution in [3.8, 4) is 17.1 Å². The number of carbonyl (C=O) groups is 1. The van der Waals surface area contributed by atoms with E-state index in [-0.39, 0.29) is 46.4 Å². The second kappa shape index (κ2) is 8.79. The van der Waals surface area contributed by atoms with Gasteiger partial charge in [-0.2, -0.15) is 0 Å². The molecule has 3 rings (SSSR count). The summed E-state index contributed by atoms with van der Waals surface area (Å²) in [7, 11) is -3.82. The van der Waals surface area contributed by atoms with Crippen molar-refractivity contribution >= 4 is 32.6 Å². The smallest absolute Gasteiger partial charge is 0.340 e. The highest BCUT2D eigenvalue weighted by Crippen LogP contribution is 2.41. The van der Waals surface area contributed by atoms with Crippen LogP contribution in [-0.4, -0.2) is 49.6 Å². The van der Waals surface area contributed by atoms with E-state index in [0.29, 0.717) is 5.56 Å². The lowest BCUT2D eigenvalue weighted by molar-refractivity contribution is 0.0699. The first-order chi connectivity index (χ1) is 14.9. The molecule has 1 atom stereocenters. The van der Waals surface area contributed by atoms with E-state index >= 15 is 0 Å². The first-order valence-corrected chi connectivity index (χ1v) is 11.7. The van der Waals surface area contributed by atoms with Crippen LogP contribution in [0.15, 0.2) is 40.8 Å². The Kier molecular flexibility index (Phi) is 6.47. The van der Waals surface area contributed by atoms with Crippen LogP contribution in [0.5, 0.6) is 5.75 Å². The van der Waals surface area contributed by atoms with Gasteiger partial charge in [-0.1, -0.05) is 0 Å². The molecule has 0 spiro atoms. The summed E-state index contributed by atoms with van der Waals surface area (Å²) >= 11 is 0. The van der Waals surface area contributed by atoms with Gasteiger partial charge in [0.05, 0.1) is 30.7 Å². The first-order valence-electron chi connectivity index (χ1n) is 9.80. The molecule has 172 valence electrons. The third-order valence-electron chi connectivity index (χ3n) is 4.55. The number of carboxylic acids is 1. The Morgan fingerprint density at radius 1 is 1.19 bits per heavy atom. The van der Waals surface area contributed by atoms with Crippen LogP contribution in [0.1, 0.15) is 31.1 Å². The Morgan fingerprint density at radius 3 is 2.31 bits per heavy atom. The number of hydrogen-bond donors (Lipinski definition) is 2. The van der Waals surface area contributed by atoms with Gasteiger partial charge in [-0.3, -0.25) is 4.31 Å². The van der Waals surface area contributed by atoms with Gasteiger partial charge in [-0.05, 0) is 51.1 Å². The number of sulfonamides is 1. The van der Waals surface area contributed by atoms with Gasteiger partial charge in [-0.15, -0.1) is 0 Å². The standard InChI is InChI=1S/C22H24FNO7S/c1-12(2)30-19-9-16-18(10-17(19)24(11-13(3)25)32(4,28)29)31-21(20(16)22(26)27)14-5-7-15(23)8-6-14/h5-10,12-13,25H,11H2,1-4H3,(H,26,27). The molecule has 0 aliphatic carbocycles. The Labute approximate surface area is 184 Å². The van der Waals surface area contributed by atoms with Crippen molar-refractivity contribution < 1.29 is 37.0 Å². The average molecular weight is 465 g/mol. The third kappa shape index (κ3) is 4.86. The summed E-state index contributed by atoms with van der Waals surface area (Å²) in [6.07, 6.45) is -0.336. The van der Waals surface area contributed by atoms with Crippen LogP contribution in [0.4, 0.5) is 10.1 Å². The molecule has 0 amide bonds. The van der Waals surface area contributed by atoms with Gasteiger partial charge in [0.25, 0.3) is 0 Å². The summed E-state index contributed by atoms with van der Waals surface area (Å²) < 4.78 is 50.9. The topological polar surface area (TPSA) is 117 Å². The van der Waals surface area contributed by atoms with Crippen LogP contribution in [0.25, 0.3) is 22.3 Å². The lowest BCUT2D eigenvalue weighted by atomic mass is 10.0. The van der Waals surface area contributed by atoms with Crippen molar-refractivity contribution in [2.75, 3.05) is 17.1 Å². The van der Waals surface area contributed by atoms with Crippen LogP contribution in [0, 0.1) is 5.82 Å². The lowest BCUT2D eigenvalue weighted by Crippen LogP contribution is -2.36. The summed E-state index contributed by atoms with van der Waals surface area (Å²) in [6, 6.07) is 7.92. The first kappa shape index (κ1) is 23.6. The fraction of sp³-hybridized carbons (Fsp3) is 0.318. The van der Waals surface area contributed by atoms with Crippen molar-refractivity contribution in [2.45, 2.75) is 33.0 Å². The van der Waals surface area contributed by atoms with E-state index in [0.717, 1.165) is 10.6 Å². The van der Waals surface area contributed by atoms with Crippen LogP contribution in [0.2, 0.25) is 0 Å². The number of hydrogen-bond acceptors (Lipinski definition) is 6. The molecule has 0 saturated heterocycles. The summed E-state index contributed by atoms with van der Waals surface area (Å²) in [5, 5.41) is 19.9. The molecule has 0 aliphatic heterocycles. The molecular weight excluding hydrogens is 441 g/mol. The number of aliphatic hydroxyl groups excluding tert-OH is 1. The highest BCUT2D eigenvalue weighted by Gasteiger charge is 2.28.